The first-order valence-corrected chi connectivity index (χ1v) is 7.63. The maximum absolute atomic E-state index is 12.0. The fraction of sp³-hybridized carbons (Fsp3) is 0.588. The molecular formula is C17H26N2O. The molecule has 110 valence electrons. The normalized spacial score (nSPS) is 17.4. The van der Waals surface area contributed by atoms with Gasteiger partial charge in [0, 0.05) is 18.5 Å². The van der Waals surface area contributed by atoms with E-state index in [1.165, 1.54) is 11.1 Å². The summed E-state index contributed by atoms with van der Waals surface area (Å²) in [6.07, 6.45) is 1.95. The number of hydrogen-bond donors (Lipinski definition) is 1. The largest absolute Gasteiger partial charge is 0.354 e. The van der Waals surface area contributed by atoms with Crippen LogP contribution in [0.5, 0.6) is 0 Å². The topological polar surface area (TPSA) is 32.3 Å². The van der Waals surface area contributed by atoms with Gasteiger partial charge in [-0.25, -0.2) is 0 Å². The molecule has 1 aliphatic rings. The molecule has 3 heteroatoms. The van der Waals surface area contributed by atoms with E-state index < -0.39 is 0 Å². The summed E-state index contributed by atoms with van der Waals surface area (Å²) in [5.74, 6) is 0.432. The number of hydrogen-bond acceptors (Lipinski definition) is 2. The molecule has 0 atom stereocenters. The van der Waals surface area contributed by atoms with Crippen molar-refractivity contribution in [1.29, 1.82) is 0 Å². The molecule has 0 aliphatic carbocycles. The van der Waals surface area contributed by atoms with Crippen LogP contribution in [-0.4, -0.2) is 29.9 Å². The summed E-state index contributed by atoms with van der Waals surface area (Å²) in [5.41, 5.74) is 2.68. The van der Waals surface area contributed by atoms with E-state index in [-0.39, 0.29) is 17.9 Å². The van der Waals surface area contributed by atoms with Gasteiger partial charge in [0.05, 0.1) is 0 Å². The Morgan fingerprint density at radius 3 is 2.65 bits per heavy atom. The van der Waals surface area contributed by atoms with Crippen molar-refractivity contribution in [2.45, 2.75) is 46.2 Å². The molecule has 0 radical (unpaired) electrons. The highest BCUT2D eigenvalue weighted by molar-refractivity contribution is 5.78. The predicted molar refractivity (Wildman–Crippen MR) is 82.5 cm³/mol. The van der Waals surface area contributed by atoms with Crippen molar-refractivity contribution in [1.82, 2.24) is 10.2 Å². The minimum Gasteiger partial charge on any atom is -0.354 e. The van der Waals surface area contributed by atoms with Crippen LogP contribution in [0.15, 0.2) is 24.3 Å². The van der Waals surface area contributed by atoms with Crippen LogP contribution in [0.2, 0.25) is 0 Å². The molecule has 0 unspecified atom stereocenters. The van der Waals surface area contributed by atoms with Crippen LogP contribution in [0.3, 0.4) is 0 Å². The lowest BCUT2D eigenvalue weighted by Gasteiger charge is -2.31. The molecule has 0 saturated carbocycles. The highest BCUT2D eigenvalue weighted by Crippen LogP contribution is 2.19. The van der Waals surface area contributed by atoms with Gasteiger partial charge in [0.25, 0.3) is 0 Å². The molecule has 0 aromatic heterocycles. The number of benzene rings is 1. The lowest BCUT2D eigenvalue weighted by Crippen LogP contribution is -2.42. The van der Waals surface area contributed by atoms with Gasteiger partial charge in [-0.1, -0.05) is 29.8 Å². The molecule has 0 spiro atoms. The number of amides is 1. The summed E-state index contributed by atoms with van der Waals surface area (Å²) in [6.45, 7) is 9.20. The molecule has 2 rings (SSSR count). The quantitative estimate of drug-likeness (QED) is 0.915. The van der Waals surface area contributed by atoms with E-state index in [0.29, 0.717) is 0 Å². The SMILES string of the molecule is Cc1cccc(CN2CCC(C(=O)NC(C)C)CC2)c1. The summed E-state index contributed by atoms with van der Waals surface area (Å²) in [4.78, 5) is 14.4. The number of rotatable bonds is 4. The van der Waals surface area contributed by atoms with Crippen molar-refractivity contribution >= 4 is 5.91 Å². The molecule has 1 amide bonds. The first-order chi connectivity index (χ1) is 9.54. The van der Waals surface area contributed by atoms with Gasteiger partial charge >= 0.3 is 0 Å². The lowest BCUT2D eigenvalue weighted by molar-refractivity contribution is -0.127. The van der Waals surface area contributed by atoms with Crippen molar-refractivity contribution in [3.8, 4) is 0 Å². The zero-order valence-corrected chi connectivity index (χ0v) is 12.9. The van der Waals surface area contributed by atoms with Gasteiger partial charge in [0.15, 0.2) is 0 Å². The molecule has 1 saturated heterocycles. The van der Waals surface area contributed by atoms with Crippen LogP contribution in [0.25, 0.3) is 0 Å². The second-order valence-corrected chi connectivity index (χ2v) is 6.20. The summed E-state index contributed by atoms with van der Waals surface area (Å²) in [5, 5.41) is 3.03. The molecule has 1 fully saturated rings. The highest BCUT2D eigenvalue weighted by atomic mass is 16.1. The number of likely N-dealkylation sites (tertiary alicyclic amines) is 1. The maximum Gasteiger partial charge on any atom is 0.223 e. The van der Waals surface area contributed by atoms with E-state index in [1.54, 1.807) is 0 Å². The molecule has 1 heterocycles. The van der Waals surface area contributed by atoms with Crippen LogP contribution in [-0.2, 0) is 11.3 Å². The zero-order chi connectivity index (χ0) is 14.5. The molecule has 20 heavy (non-hydrogen) atoms. The van der Waals surface area contributed by atoms with Crippen molar-refractivity contribution in [2.75, 3.05) is 13.1 Å². The third-order valence-corrected chi connectivity index (χ3v) is 3.88. The summed E-state index contributed by atoms with van der Waals surface area (Å²) < 4.78 is 0. The Balaban J connectivity index is 1.81. The molecule has 1 N–H and O–H groups in total. The molecule has 0 bridgehead atoms. The first-order valence-electron chi connectivity index (χ1n) is 7.63. The van der Waals surface area contributed by atoms with Crippen molar-refractivity contribution in [3.05, 3.63) is 35.4 Å². The van der Waals surface area contributed by atoms with E-state index in [1.807, 2.05) is 13.8 Å². The van der Waals surface area contributed by atoms with Crippen molar-refractivity contribution < 1.29 is 4.79 Å². The standard InChI is InChI=1S/C17H26N2O/c1-13(2)18-17(20)16-7-9-19(10-8-16)12-15-6-4-5-14(3)11-15/h4-6,11,13,16H,7-10,12H2,1-3H3,(H,18,20). The van der Waals surface area contributed by atoms with E-state index in [4.69, 9.17) is 0 Å². The Morgan fingerprint density at radius 1 is 1.35 bits per heavy atom. The fourth-order valence-corrected chi connectivity index (χ4v) is 2.82. The lowest BCUT2D eigenvalue weighted by atomic mass is 9.95. The van der Waals surface area contributed by atoms with E-state index >= 15 is 0 Å². The number of carbonyl (C=O) groups is 1. The first kappa shape index (κ1) is 15.0. The summed E-state index contributed by atoms with van der Waals surface area (Å²) in [6, 6.07) is 8.93. The molecule has 1 aromatic rings. The van der Waals surface area contributed by atoms with Crippen LogP contribution in [0, 0.1) is 12.8 Å². The maximum atomic E-state index is 12.0. The van der Waals surface area contributed by atoms with E-state index in [0.717, 1.165) is 32.5 Å². The van der Waals surface area contributed by atoms with Crippen LogP contribution in [0.1, 0.15) is 37.8 Å². The van der Waals surface area contributed by atoms with Crippen molar-refractivity contribution in [2.24, 2.45) is 5.92 Å². The number of nitrogens with one attached hydrogen (secondary N) is 1. The monoisotopic (exact) mass is 274 g/mol. The average Bonchev–Trinajstić information content (AvgIpc) is 2.38. The van der Waals surface area contributed by atoms with Gasteiger partial charge in [0.1, 0.15) is 0 Å². The van der Waals surface area contributed by atoms with Crippen molar-refractivity contribution in [3.63, 3.8) is 0 Å². The third kappa shape index (κ3) is 4.34. The van der Waals surface area contributed by atoms with Crippen LogP contribution in [0.4, 0.5) is 0 Å². The van der Waals surface area contributed by atoms with Crippen LogP contribution < -0.4 is 5.32 Å². The molecular weight excluding hydrogens is 248 g/mol. The minimum absolute atomic E-state index is 0.200. The average molecular weight is 274 g/mol. The van der Waals surface area contributed by atoms with Gasteiger partial charge in [-0.15, -0.1) is 0 Å². The smallest absolute Gasteiger partial charge is 0.223 e. The molecule has 1 aliphatic heterocycles. The number of piperidine rings is 1. The van der Waals surface area contributed by atoms with Gasteiger partial charge in [-0.2, -0.15) is 0 Å². The Hall–Kier alpha value is -1.35. The summed E-state index contributed by atoms with van der Waals surface area (Å²) >= 11 is 0. The molecule has 1 aromatic carbocycles. The van der Waals surface area contributed by atoms with Crippen LogP contribution >= 0.6 is 0 Å². The Kier molecular flexibility index (Phi) is 5.18. The highest BCUT2D eigenvalue weighted by Gasteiger charge is 2.25. The number of aryl methyl sites for hydroxylation is 1. The minimum atomic E-state index is 0.200. The Bertz CT molecular complexity index is 448. The van der Waals surface area contributed by atoms with Gasteiger partial charge in [0.2, 0.25) is 5.91 Å². The van der Waals surface area contributed by atoms with Gasteiger partial charge in [-0.3, -0.25) is 9.69 Å². The second kappa shape index (κ2) is 6.89. The van der Waals surface area contributed by atoms with E-state index in [2.05, 4.69) is 41.4 Å². The Labute approximate surface area is 122 Å². The fourth-order valence-electron chi connectivity index (χ4n) is 2.82. The number of carbonyl (C=O) groups excluding carboxylic acids is 1. The van der Waals surface area contributed by atoms with Gasteiger partial charge in [-0.05, 0) is 52.3 Å². The Morgan fingerprint density at radius 2 is 2.05 bits per heavy atom. The summed E-state index contributed by atoms with van der Waals surface area (Å²) in [7, 11) is 0. The van der Waals surface area contributed by atoms with E-state index in [9.17, 15) is 4.79 Å². The predicted octanol–water partition coefficient (Wildman–Crippen LogP) is 2.73. The zero-order valence-electron chi connectivity index (χ0n) is 12.9. The van der Waals surface area contributed by atoms with Gasteiger partial charge < -0.3 is 5.32 Å². The number of nitrogens with zero attached hydrogens (tertiary/aromatic N) is 1. The second-order valence-electron chi connectivity index (χ2n) is 6.20. The molecule has 3 nitrogen and oxygen atoms in total. The third-order valence-electron chi connectivity index (χ3n) is 3.88.